The fourth-order valence-electron chi connectivity index (χ4n) is 2.30. The normalized spacial score (nSPS) is 12.3. The van der Waals surface area contributed by atoms with Gasteiger partial charge in [0.2, 0.25) is 5.91 Å². The topological polar surface area (TPSA) is 59.8 Å². The number of carbonyl (C=O) groups excluding carboxylic acids is 1. The third-order valence-corrected chi connectivity index (χ3v) is 4.26. The van der Waals surface area contributed by atoms with E-state index < -0.39 is 0 Å². The highest BCUT2D eigenvalue weighted by molar-refractivity contribution is 7.09. The van der Waals surface area contributed by atoms with Crippen LogP contribution in [0, 0.1) is 13.8 Å². The zero-order valence-corrected chi connectivity index (χ0v) is 13.6. The monoisotopic (exact) mass is 306 g/mol. The molecular formula is C15H22N4OS. The number of nitrogens with zero attached hydrogens (tertiary/aromatic N) is 3. The summed E-state index contributed by atoms with van der Waals surface area (Å²) in [5.41, 5.74) is 2.16. The lowest BCUT2D eigenvalue weighted by molar-refractivity contribution is -0.122. The maximum Gasteiger partial charge on any atom is 0.220 e. The summed E-state index contributed by atoms with van der Waals surface area (Å²) >= 11 is 1.58. The van der Waals surface area contributed by atoms with Crippen LogP contribution in [0.5, 0.6) is 0 Å². The first-order chi connectivity index (χ1) is 10.1. The van der Waals surface area contributed by atoms with Crippen LogP contribution < -0.4 is 5.32 Å². The summed E-state index contributed by atoms with van der Waals surface area (Å²) in [6.07, 6.45) is 3.94. The Balaban J connectivity index is 1.78. The third-order valence-electron chi connectivity index (χ3n) is 3.37. The predicted molar refractivity (Wildman–Crippen MR) is 84.2 cm³/mol. The number of amides is 1. The average molecular weight is 306 g/mol. The summed E-state index contributed by atoms with van der Waals surface area (Å²) in [7, 11) is 0. The van der Waals surface area contributed by atoms with Crippen LogP contribution in [0.15, 0.2) is 17.6 Å². The van der Waals surface area contributed by atoms with E-state index in [1.165, 1.54) is 0 Å². The van der Waals surface area contributed by atoms with E-state index in [-0.39, 0.29) is 11.9 Å². The Morgan fingerprint density at radius 2 is 2.29 bits per heavy atom. The molecule has 5 nitrogen and oxygen atoms in total. The Morgan fingerprint density at radius 3 is 2.86 bits per heavy atom. The SMILES string of the molecule is CCC(NC(=O)CCCn1nc(C)cc1C)c1nccs1. The standard InChI is InChI=1S/C15H22N4OS/c1-4-13(15-16-7-9-21-15)17-14(20)6-5-8-19-12(3)10-11(2)18-19/h7,9-10,13H,4-6,8H2,1-3H3,(H,17,20). The minimum Gasteiger partial charge on any atom is -0.347 e. The van der Waals surface area contributed by atoms with E-state index in [1.54, 1.807) is 17.5 Å². The molecule has 2 aromatic heterocycles. The van der Waals surface area contributed by atoms with Gasteiger partial charge in [0.05, 0.1) is 11.7 Å². The van der Waals surface area contributed by atoms with Crippen molar-refractivity contribution in [3.8, 4) is 0 Å². The number of hydrogen-bond acceptors (Lipinski definition) is 4. The minimum atomic E-state index is 0.0335. The van der Waals surface area contributed by atoms with Crippen LogP contribution in [-0.2, 0) is 11.3 Å². The van der Waals surface area contributed by atoms with Gasteiger partial charge in [-0.15, -0.1) is 11.3 Å². The molecule has 0 fully saturated rings. The highest BCUT2D eigenvalue weighted by Gasteiger charge is 2.14. The highest BCUT2D eigenvalue weighted by Crippen LogP contribution is 2.18. The molecule has 0 aliphatic heterocycles. The summed E-state index contributed by atoms with van der Waals surface area (Å²) in [5, 5.41) is 10.4. The second kappa shape index (κ2) is 7.36. The fraction of sp³-hybridized carbons (Fsp3) is 0.533. The zero-order chi connectivity index (χ0) is 15.2. The van der Waals surface area contributed by atoms with E-state index in [0.29, 0.717) is 6.42 Å². The molecule has 1 atom stereocenters. The molecule has 0 saturated carbocycles. The van der Waals surface area contributed by atoms with Crippen molar-refractivity contribution in [2.75, 3.05) is 0 Å². The largest absolute Gasteiger partial charge is 0.347 e. The van der Waals surface area contributed by atoms with Gasteiger partial charge in [-0.2, -0.15) is 5.10 Å². The van der Waals surface area contributed by atoms with E-state index in [0.717, 1.165) is 35.8 Å². The van der Waals surface area contributed by atoms with Gasteiger partial charge in [-0.25, -0.2) is 4.98 Å². The number of thiazole rings is 1. The molecule has 114 valence electrons. The Morgan fingerprint density at radius 1 is 1.48 bits per heavy atom. The quantitative estimate of drug-likeness (QED) is 0.855. The summed E-state index contributed by atoms with van der Waals surface area (Å²) in [5.74, 6) is 0.0820. The van der Waals surface area contributed by atoms with Gasteiger partial charge in [-0.3, -0.25) is 9.48 Å². The molecule has 1 amide bonds. The van der Waals surface area contributed by atoms with Crippen LogP contribution in [0.4, 0.5) is 0 Å². The van der Waals surface area contributed by atoms with E-state index in [2.05, 4.69) is 28.4 Å². The van der Waals surface area contributed by atoms with Gasteiger partial charge in [-0.05, 0) is 32.8 Å². The second-order valence-electron chi connectivity index (χ2n) is 5.15. The molecule has 2 rings (SSSR count). The van der Waals surface area contributed by atoms with Gasteiger partial charge in [0, 0.05) is 30.2 Å². The lowest BCUT2D eigenvalue weighted by Crippen LogP contribution is -2.28. The molecule has 6 heteroatoms. The first-order valence-electron chi connectivity index (χ1n) is 7.30. The summed E-state index contributed by atoms with van der Waals surface area (Å²) in [6.45, 7) is 6.86. The molecule has 0 radical (unpaired) electrons. The van der Waals surface area contributed by atoms with Crippen molar-refractivity contribution < 1.29 is 4.79 Å². The van der Waals surface area contributed by atoms with Crippen molar-refractivity contribution in [2.24, 2.45) is 0 Å². The number of hydrogen-bond donors (Lipinski definition) is 1. The molecule has 1 unspecified atom stereocenters. The van der Waals surface area contributed by atoms with Gasteiger partial charge < -0.3 is 5.32 Å². The summed E-state index contributed by atoms with van der Waals surface area (Å²) < 4.78 is 1.96. The molecule has 0 aliphatic rings. The van der Waals surface area contributed by atoms with Gasteiger partial charge >= 0.3 is 0 Å². The van der Waals surface area contributed by atoms with Crippen molar-refractivity contribution in [2.45, 2.75) is 52.6 Å². The van der Waals surface area contributed by atoms with Crippen molar-refractivity contribution in [1.29, 1.82) is 0 Å². The maximum atomic E-state index is 12.0. The number of aryl methyl sites for hydroxylation is 3. The highest BCUT2D eigenvalue weighted by atomic mass is 32.1. The predicted octanol–water partition coefficient (Wildman–Crippen LogP) is 3.00. The fourth-order valence-corrected chi connectivity index (χ4v) is 3.07. The van der Waals surface area contributed by atoms with Crippen molar-refractivity contribution in [3.05, 3.63) is 34.0 Å². The smallest absolute Gasteiger partial charge is 0.220 e. The maximum absolute atomic E-state index is 12.0. The summed E-state index contributed by atoms with van der Waals surface area (Å²) in [6, 6.07) is 2.08. The van der Waals surface area contributed by atoms with Gasteiger partial charge in [-0.1, -0.05) is 6.92 Å². The summed E-state index contributed by atoms with van der Waals surface area (Å²) in [4.78, 5) is 16.3. The molecule has 21 heavy (non-hydrogen) atoms. The molecular weight excluding hydrogens is 284 g/mol. The molecule has 0 aromatic carbocycles. The lowest BCUT2D eigenvalue weighted by atomic mass is 10.2. The van der Waals surface area contributed by atoms with Gasteiger partial charge in [0.15, 0.2) is 0 Å². The Kier molecular flexibility index (Phi) is 5.50. The third kappa shape index (κ3) is 4.39. The first kappa shape index (κ1) is 15.7. The van der Waals surface area contributed by atoms with Crippen molar-refractivity contribution in [3.63, 3.8) is 0 Å². The Hall–Kier alpha value is -1.69. The number of rotatable bonds is 7. The lowest BCUT2D eigenvalue weighted by Gasteiger charge is -2.14. The molecule has 0 saturated heterocycles. The van der Waals surface area contributed by atoms with E-state index in [9.17, 15) is 4.79 Å². The Labute approximate surface area is 129 Å². The first-order valence-corrected chi connectivity index (χ1v) is 8.18. The van der Waals surface area contributed by atoms with E-state index >= 15 is 0 Å². The zero-order valence-electron chi connectivity index (χ0n) is 12.8. The average Bonchev–Trinajstić information content (AvgIpc) is 3.06. The molecule has 1 N–H and O–H groups in total. The molecule has 2 aromatic rings. The van der Waals surface area contributed by atoms with E-state index in [1.807, 2.05) is 23.9 Å². The Bertz CT molecular complexity index is 577. The van der Waals surface area contributed by atoms with Crippen LogP contribution in [0.25, 0.3) is 0 Å². The van der Waals surface area contributed by atoms with Gasteiger partial charge in [0.25, 0.3) is 0 Å². The number of nitrogens with one attached hydrogen (secondary N) is 1. The van der Waals surface area contributed by atoms with Crippen LogP contribution in [0.2, 0.25) is 0 Å². The van der Waals surface area contributed by atoms with E-state index in [4.69, 9.17) is 0 Å². The van der Waals surface area contributed by atoms with Gasteiger partial charge in [0.1, 0.15) is 5.01 Å². The molecule has 2 heterocycles. The molecule has 0 bridgehead atoms. The minimum absolute atomic E-state index is 0.0335. The molecule has 0 spiro atoms. The number of aromatic nitrogens is 3. The van der Waals surface area contributed by atoms with Crippen LogP contribution in [0.3, 0.4) is 0 Å². The van der Waals surface area contributed by atoms with Crippen LogP contribution in [-0.4, -0.2) is 20.7 Å². The van der Waals surface area contributed by atoms with Crippen molar-refractivity contribution in [1.82, 2.24) is 20.1 Å². The number of carbonyl (C=O) groups is 1. The molecule has 0 aliphatic carbocycles. The second-order valence-corrected chi connectivity index (χ2v) is 6.08. The van der Waals surface area contributed by atoms with Crippen LogP contribution >= 0.6 is 11.3 Å². The van der Waals surface area contributed by atoms with Crippen molar-refractivity contribution >= 4 is 17.2 Å². The van der Waals surface area contributed by atoms with Crippen LogP contribution in [0.1, 0.15) is 48.6 Å².